The van der Waals surface area contributed by atoms with E-state index in [4.69, 9.17) is 0 Å². The lowest BCUT2D eigenvalue weighted by Crippen LogP contribution is -2.33. The zero-order valence-electron chi connectivity index (χ0n) is 16.7. The molecule has 1 saturated carbocycles. The third kappa shape index (κ3) is 4.35. The van der Waals surface area contributed by atoms with Crippen molar-refractivity contribution in [3.8, 4) is 11.1 Å². The van der Waals surface area contributed by atoms with E-state index < -0.39 is 12.5 Å². The van der Waals surface area contributed by atoms with Crippen LogP contribution >= 0.6 is 11.3 Å². The van der Waals surface area contributed by atoms with Gasteiger partial charge in [0, 0.05) is 29.4 Å². The molecule has 0 unspecified atom stereocenters. The second-order valence-electron chi connectivity index (χ2n) is 7.76. The van der Waals surface area contributed by atoms with Crippen LogP contribution in [-0.2, 0) is 4.74 Å². The Bertz CT molecular complexity index is 1230. The molecule has 1 fully saturated rings. The molecule has 5 rings (SSSR count). The second-order valence-corrected chi connectivity index (χ2v) is 8.99. The minimum atomic E-state index is -4.58. The highest BCUT2D eigenvalue weighted by atomic mass is 32.1. The predicted octanol–water partition coefficient (Wildman–Crippen LogP) is 5.80. The third-order valence-electron chi connectivity index (χ3n) is 5.55. The SMILES string of the molecule is Cc1nc2ccc(-c3c[nH]c4nc(N[C@H]5CC[C@@H](OC(F)(F)F)CC5)ncc34)cc2s1. The van der Waals surface area contributed by atoms with Crippen molar-refractivity contribution in [2.24, 2.45) is 0 Å². The van der Waals surface area contributed by atoms with E-state index in [9.17, 15) is 13.2 Å². The highest BCUT2D eigenvalue weighted by Crippen LogP contribution is 2.33. The molecule has 0 atom stereocenters. The number of aromatic nitrogens is 4. The first-order chi connectivity index (χ1) is 14.8. The maximum Gasteiger partial charge on any atom is 0.522 e. The number of alkyl halides is 3. The van der Waals surface area contributed by atoms with E-state index in [0.717, 1.165) is 31.7 Å². The molecule has 1 aliphatic carbocycles. The zero-order valence-corrected chi connectivity index (χ0v) is 17.5. The Morgan fingerprint density at radius 1 is 1.16 bits per heavy atom. The summed E-state index contributed by atoms with van der Waals surface area (Å²) in [5, 5.41) is 5.19. The smallest absolute Gasteiger partial charge is 0.351 e. The number of nitrogens with zero attached hydrogens (tertiary/aromatic N) is 3. The molecule has 0 spiro atoms. The molecule has 10 heteroatoms. The summed E-state index contributed by atoms with van der Waals surface area (Å²) in [6.07, 6.45) is 0.200. The molecule has 0 aliphatic heterocycles. The van der Waals surface area contributed by atoms with Gasteiger partial charge in [-0.15, -0.1) is 24.5 Å². The maximum atomic E-state index is 12.4. The molecule has 4 aromatic rings. The molecular formula is C21H20F3N5OS. The van der Waals surface area contributed by atoms with Crippen LogP contribution in [0.25, 0.3) is 32.4 Å². The van der Waals surface area contributed by atoms with Crippen LogP contribution in [0, 0.1) is 6.92 Å². The van der Waals surface area contributed by atoms with Crippen molar-refractivity contribution in [2.45, 2.75) is 51.1 Å². The number of hydrogen-bond donors (Lipinski definition) is 2. The molecule has 0 saturated heterocycles. The largest absolute Gasteiger partial charge is 0.522 e. The molecule has 6 nitrogen and oxygen atoms in total. The topological polar surface area (TPSA) is 75.7 Å². The minimum absolute atomic E-state index is 0.0249. The Hall–Kier alpha value is -2.72. The normalized spacial score (nSPS) is 19.9. The van der Waals surface area contributed by atoms with Gasteiger partial charge in [0.25, 0.3) is 0 Å². The number of benzene rings is 1. The summed E-state index contributed by atoms with van der Waals surface area (Å²) in [5.41, 5.74) is 3.78. The molecule has 162 valence electrons. The molecule has 2 N–H and O–H groups in total. The summed E-state index contributed by atoms with van der Waals surface area (Å²) in [6.45, 7) is 1.99. The standard InChI is InChI=1S/C21H20F3N5OS/c1-11-27-17-7-2-12(8-18(17)31-11)15-9-25-19-16(15)10-26-20(29-19)28-13-3-5-14(6-4-13)30-21(22,23)24/h2,7-10,13-14H,3-6H2,1H3,(H2,25,26,28,29)/t13-,14+. The number of ether oxygens (including phenoxy) is 1. The number of fused-ring (bicyclic) bond motifs is 2. The lowest BCUT2D eigenvalue weighted by atomic mass is 9.93. The number of anilines is 1. The van der Waals surface area contributed by atoms with Crippen molar-refractivity contribution in [1.29, 1.82) is 0 Å². The monoisotopic (exact) mass is 447 g/mol. The zero-order chi connectivity index (χ0) is 21.6. The summed E-state index contributed by atoms with van der Waals surface area (Å²) in [4.78, 5) is 16.7. The number of thiazole rings is 1. The van der Waals surface area contributed by atoms with E-state index in [1.54, 1.807) is 17.5 Å². The summed E-state index contributed by atoms with van der Waals surface area (Å²) in [6, 6.07) is 6.20. The van der Waals surface area contributed by atoms with E-state index in [1.807, 2.05) is 25.3 Å². The fourth-order valence-corrected chi connectivity index (χ4v) is 4.99. The lowest BCUT2D eigenvalue weighted by Gasteiger charge is -2.29. The van der Waals surface area contributed by atoms with Gasteiger partial charge in [-0.25, -0.2) is 9.97 Å². The van der Waals surface area contributed by atoms with E-state index in [-0.39, 0.29) is 6.04 Å². The van der Waals surface area contributed by atoms with Gasteiger partial charge in [-0.2, -0.15) is 4.98 Å². The van der Waals surface area contributed by atoms with Crippen LogP contribution in [-0.4, -0.2) is 38.4 Å². The average molecular weight is 447 g/mol. The van der Waals surface area contributed by atoms with Crippen LogP contribution in [0.3, 0.4) is 0 Å². The van der Waals surface area contributed by atoms with E-state index in [0.29, 0.717) is 37.3 Å². The quantitative estimate of drug-likeness (QED) is 0.413. The highest BCUT2D eigenvalue weighted by Gasteiger charge is 2.35. The third-order valence-corrected chi connectivity index (χ3v) is 6.48. The van der Waals surface area contributed by atoms with Crippen molar-refractivity contribution in [2.75, 3.05) is 5.32 Å². The summed E-state index contributed by atoms with van der Waals surface area (Å²) in [7, 11) is 0. The fraction of sp³-hybridized carbons (Fsp3) is 0.381. The van der Waals surface area contributed by atoms with Gasteiger partial charge < -0.3 is 10.3 Å². The first-order valence-electron chi connectivity index (χ1n) is 10.1. The molecule has 0 radical (unpaired) electrons. The first-order valence-corrected chi connectivity index (χ1v) is 10.9. The molecule has 1 aromatic carbocycles. The molecule has 3 heterocycles. The van der Waals surface area contributed by atoms with Gasteiger partial charge in [-0.3, -0.25) is 4.74 Å². The summed E-state index contributed by atoms with van der Waals surface area (Å²) < 4.78 is 42.4. The Morgan fingerprint density at radius 3 is 2.74 bits per heavy atom. The van der Waals surface area contributed by atoms with Crippen LogP contribution in [0.4, 0.5) is 19.1 Å². The Morgan fingerprint density at radius 2 is 1.97 bits per heavy atom. The molecule has 0 amide bonds. The van der Waals surface area contributed by atoms with Crippen LogP contribution in [0.5, 0.6) is 0 Å². The van der Waals surface area contributed by atoms with Crippen molar-refractivity contribution >= 4 is 38.5 Å². The van der Waals surface area contributed by atoms with Crippen molar-refractivity contribution < 1.29 is 17.9 Å². The predicted molar refractivity (Wildman–Crippen MR) is 114 cm³/mol. The van der Waals surface area contributed by atoms with E-state index >= 15 is 0 Å². The van der Waals surface area contributed by atoms with Crippen molar-refractivity contribution in [3.63, 3.8) is 0 Å². The Labute approximate surface area is 179 Å². The molecule has 3 aromatic heterocycles. The summed E-state index contributed by atoms with van der Waals surface area (Å²) >= 11 is 1.66. The lowest BCUT2D eigenvalue weighted by molar-refractivity contribution is -0.345. The number of aryl methyl sites for hydroxylation is 1. The molecule has 0 bridgehead atoms. The summed E-state index contributed by atoms with van der Waals surface area (Å²) in [5.74, 6) is 0.467. The number of nitrogens with one attached hydrogen (secondary N) is 2. The highest BCUT2D eigenvalue weighted by molar-refractivity contribution is 7.18. The maximum absolute atomic E-state index is 12.4. The van der Waals surface area contributed by atoms with Crippen LogP contribution in [0.15, 0.2) is 30.6 Å². The van der Waals surface area contributed by atoms with E-state index in [2.05, 4.69) is 36.1 Å². The van der Waals surface area contributed by atoms with Gasteiger partial charge in [-0.1, -0.05) is 6.07 Å². The van der Waals surface area contributed by atoms with Gasteiger partial charge in [-0.05, 0) is 50.3 Å². The number of rotatable bonds is 4. The first kappa shape index (κ1) is 20.2. The van der Waals surface area contributed by atoms with Crippen molar-refractivity contribution in [1.82, 2.24) is 19.9 Å². The van der Waals surface area contributed by atoms with Crippen molar-refractivity contribution in [3.05, 3.63) is 35.6 Å². The van der Waals surface area contributed by atoms with Gasteiger partial charge in [0.1, 0.15) is 5.65 Å². The molecule has 31 heavy (non-hydrogen) atoms. The van der Waals surface area contributed by atoms with Gasteiger partial charge in [0.15, 0.2) is 0 Å². The van der Waals surface area contributed by atoms with Gasteiger partial charge in [0.05, 0.1) is 21.3 Å². The Balaban J connectivity index is 1.30. The number of aromatic amines is 1. The average Bonchev–Trinajstić information content (AvgIpc) is 3.29. The minimum Gasteiger partial charge on any atom is -0.351 e. The van der Waals surface area contributed by atoms with Gasteiger partial charge >= 0.3 is 6.36 Å². The Kier molecular flexibility index (Phi) is 5.05. The number of H-pyrrole nitrogens is 1. The number of halogens is 3. The van der Waals surface area contributed by atoms with Crippen LogP contribution < -0.4 is 5.32 Å². The molecular weight excluding hydrogens is 427 g/mol. The van der Waals surface area contributed by atoms with Crippen LogP contribution in [0.2, 0.25) is 0 Å². The second kappa shape index (κ2) is 7.76. The fourth-order valence-electron chi connectivity index (χ4n) is 4.12. The number of hydrogen-bond acceptors (Lipinski definition) is 6. The van der Waals surface area contributed by atoms with E-state index in [1.165, 1.54) is 0 Å². The molecule has 1 aliphatic rings. The van der Waals surface area contributed by atoms with Crippen LogP contribution in [0.1, 0.15) is 30.7 Å². The van der Waals surface area contributed by atoms with Gasteiger partial charge in [0.2, 0.25) is 5.95 Å².